The van der Waals surface area contributed by atoms with E-state index in [0.29, 0.717) is 11.6 Å². The molecule has 5 nitrogen and oxygen atoms in total. The summed E-state index contributed by atoms with van der Waals surface area (Å²) in [6.45, 7) is 0. The van der Waals surface area contributed by atoms with Gasteiger partial charge in [0.25, 0.3) is 0 Å². The van der Waals surface area contributed by atoms with Crippen molar-refractivity contribution in [3.05, 3.63) is 60.2 Å². The van der Waals surface area contributed by atoms with Gasteiger partial charge in [-0.3, -0.25) is 4.79 Å². The topological polar surface area (TPSA) is 66.5 Å². The van der Waals surface area contributed by atoms with Crippen LogP contribution in [-0.4, -0.2) is 17.6 Å². The van der Waals surface area contributed by atoms with Crippen molar-refractivity contribution in [2.45, 2.75) is 0 Å². The standard InChI is InChI=1S/C19H18N2O3/c1-21-17-6-4-3-5-15(17)16(11-12-18(20)22)19(21)24-14-9-7-13(23-2)8-10-14/h3-12H,1-2H3,(H2,20,22)/b12-11-. The third kappa shape index (κ3) is 2.96. The zero-order valence-electron chi connectivity index (χ0n) is 13.5. The zero-order chi connectivity index (χ0) is 17.1. The van der Waals surface area contributed by atoms with E-state index >= 15 is 0 Å². The van der Waals surface area contributed by atoms with E-state index in [-0.39, 0.29) is 0 Å². The van der Waals surface area contributed by atoms with Gasteiger partial charge in [-0.15, -0.1) is 0 Å². The Morgan fingerprint density at radius 3 is 2.42 bits per heavy atom. The van der Waals surface area contributed by atoms with Gasteiger partial charge in [0.05, 0.1) is 12.6 Å². The number of carbonyl (C=O) groups is 1. The van der Waals surface area contributed by atoms with Gasteiger partial charge in [0.1, 0.15) is 11.5 Å². The number of fused-ring (bicyclic) bond motifs is 1. The first-order valence-corrected chi connectivity index (χ1v) is 7.47. The average Bonchev–Trinajstić information content (AvgIpc) is 2.86. The minimum atomic E-state index is -0.502. The van der Waals surface area contributed by atoms with E-state index < -0.39 is 5.91 Å². The van der Waals surface area contributed by atoms with Crippen molar-refractivity contribution < 1.29 is 14.3 Å². The molecule has 1 heterocycles. The number of carbonyl (C=O) groups excluding carboxylic acids is 1. The minimum Gasteiger partial charge on any atom is -0.497 e. The summed E-state index contributed by atoms with van der Waals surface area (Å²) in [5.41, 5.74) is 7.05. The van der Waals surface area contributed by atoms with E-state index in [1.807, 2.05) is 60.1 Å². The van der Waals surface area contributed by atoms with Crippen LogP contribution in [0.2, 0.25) is 0 Å². The maximum Gasteiger partial charge on any atom is 0.241 e. The largest absolute Gasteiger partial charge is 0.497 e. The van der Waals surface area contributed by atoms with E-state index in [1.165, 1.54) is 6.08 Å². The van der Waals surface area contributed by atoms with Crippen LogP contribution >= 0.6 is 0 Å². The van der Waals surface area contributed by atoms with Gasteiger partial charge < -0.3 is 19.8 Å². The molecule has 24 heavy (non-hydrogen) atoms. The Kier molecular flexibility index (Phi) is 4.24. The van der Waals surface area contributed by atoms with Crippen LogP contribution in [0.25, 0.3) is 17.0 Å². The molecule has 122 valence electrons. The van der Waals surface area contributed by atoms with Crippen molar-refractivity contribution in [2.75, 3.05) is 7.11 Å². The van der Waals surface area contributed by atoms with Gasteiger partial charge in [-0.05, 0) is 36.4 Å². The Hall–Kier alpha value is -3.21. The number of para-hydroxylation sites is 1. The molecular weight excluding hydrogens is 304 g/mol. The first kappa shape index (κ1) is 15.7. The molecule has 0 radical (unpaired) electrons. The Balaban J connectivity index is 2.09. The molecule has 0 aliphatic heterocycles. The summed E-state index contributed by atoms with van der Waals surface area (Å²) >= 11 is 0. The number of ether oxygens (including phenoxy) is 2. The molecule has 5 heteroatoms. The molecule has 1 aromatic heterocycles. The van der Waals surface area contributed by atoms with E-state index in [2.05, 4.69) is 0 Å². The van der Waals surface area contributed by atoms with Crippen molar-refractivity contribution in [3.8, 4) is 17.4 Å². The minimum absolute atomic E-state index is 0.502. The zero-order valence-corrected chi connectivity index (χ0v) is 13.5. The van der Waals surface area contributed by atoms with Crippen LogP contribution in [0, 0.1) is 0 Å². The van der Waals surface area contributed by atoms with E-state index in [1.54, 1.807) is 13.2 Å². The predicted molar refractivity (Wildman–Crippen MR) is 94.2 cm³/mol. The highest BCUT2D eigenvalue weighted by Gasteiger charge is 2.15. The Morgan fingerprint density at radius 2 is 1.75 bits per heavy atom. The smallest absolute Gasteiger partial charge is 0.241 e. The van der Waals surface area contributed by atoms with Gasteiger partial charge in [0, 0.05) is 24.1 Å². The molecule has 0 atom stereocenters. The second kappa shape index (κ2) is 6.50. The maximum atomic E-state index is 11.1. The predicted octanol–water partition coefficient (Wildman–Crippen LogP) is 3.48. The lowest BCUT2D eigenvalue weighted by Gasteiger charge is -2.09. The van der Waals surface area contributed by atoms with Crippen LogP contribution in [0.15, 0.2) is 54.6 Å². The molecule has 0 aliphatic carbocycles. The van der Waals surface area contributed by atoms with E-state index in [9.17, 15) is 4.79 Å². The number of hydrogen-bond acceptors (Lipinski definition) is 3. The van der Waals surface area contributed by atoms with Gasteiger partial charge in [-0.2, -0.15) is 0 Å². The number of aryl methyl sites for hydroxylation is 1. The number of nitrogens with zero attached hydrogens (tertiary/aromatic N) is 1. The van der Waals surface area contributed by atoms with Gasteiger partial charge >= 0.3 is 0 Å². The molecular formula is C19H18N2O3. The molecule has 2 N–H and O–H groups in total. The molecule has 0 aliphatic rings. The molecule has 1 amide bonds. The maximum absolute atomic E-state index is 11.1. The molecule has 0 unspecified atom stereocenters. The number of benzene rings is 2. The number of hydrogen-bond donors (Lipinski definition) is 1. The van der Waals surface area contributed by atoms with Gasteiger partial charge in [-0.25, -0.2) is 0 Å². The van der Waals surface area contributed by atoms with Crippen molar-refractivity contribution in [1.29, 1.82) is 0 Å². The number of rotatable bonds is 5. The molecule has 0 fully saturated rings. The molecule has 3 aromatic rings. The number of nitrogens with two attached hydrogens (primary N) is 1. The number of amides is 1. The van der Waals surface area contributed by atoms with Crippen LogP contribution in [0.4, 0.5) is 0 Å². The first-order valence-electron chi connectivity index (χ1n) is 7.47. The average molecular weight is 322 g/mol. The summed E-state index contributed by atoms with van der Waals surface area (Å²) in [7, 11) is 3.54. The van der Waals surface area contributed by atoms with Crippen LogP contribution in [-0.2, 0) is 11.8 Å². The first-order chi connectivity index (χ1) is 11.6. The third-order valence-electron chi connectivity index (χ3n) is 3.78. The van der Waals surface area contributed by atoms with Crippen molar-refractivity contribution in [2.24, 2.45) is 12.8 Å². The SMILES string of the molecule is COc1ccc(Oc2c(/C=C\C(N)=O)c3ccccc3n2C)cc1. The lowest BCUT2D eigenvalue weighted by molar-refractivity contribution is -0.113. The fourth-order valence-electron chi connectivity index (χ4n) is 2.60. The monoisotopic (exact) mass is 322 g/mol. The van der Waals surface area contributed by atoms with Crippen molar-refractivity contribution >= 4 is 22.9 Å². The second-order valence-corrected chi connectivity index (χ2v) is 5.31. The molecule has 2 aromatic carbocycles. The van der Waals surface area contributed by atoms with Crippen LogP contribution in [0.3, 0.4) is 0 Å². The third-order valence-corrected chi connectivity index (χ3v) is 3.78. The Bertz CT molecular complexity index is 908. The fraction of sp³-hybridized carbons (Fsp3) is 0.105. The summed E-state index contributed by atoms with van der Waals surface area (Å²) in [4.78, 5) is 11.1. The Labute approximate surface area is 139 Å². The lowest BCUT2D eigenvalue weighted by Crippen LogP contribution is -2.05. The van der Waals surface area contributed by atoms with Crippen molar-refractivity contribution in [3.63, 3.8) is 0 Å². The molecule has 0 saturated heterocycles. The van der Waals surface area contributed by atoms with E-state index in [4.69, 9.17) is 15.2 Å². The van der Waals surface area contributed by atoms with Crippen LogP contribution in [0.1, 0.15) is 5.56 Å². The number of methoxy groups -OCH3 is 1. The molecule has 0 saturated carbocycles. The molecule has 0 spiro atoms. The highest BCUT2D eigenvalue weighted by molar-refractivity contribution is 5.97. The lowest BCUT2D eigenvalue weighted by atomic mass is 10.1. The van der Waals surface area contributed by atoms with Gasteiger partial charge in [0.2, 0.25) is 11.8 Å². The highest BCUT2D eigenvalue weighted by Crippen LogP contribution is 2.35. The van der Waals surface area contributed by atoms with E-state index in [0.717, 1.165) is 22.2 Å². The van der Waals surface area contributed by atoms with Crippen molar-refractivity contribution in [1.82, 2.24) is 4.57 Å². The molecule has 0 bridgehead atoms. The number of aromatic nitrogens is 1. The van der Waals surface area contributed by atoms with Gasteiger partial charge in [-0.1, -0.05) is 18.2 Å². The summed E-state index contributed by atoms with van der Waals surface area (Å²) < 4.78 is 13.2. The number of primary amides is 1. The highest BCUT2D eigenvalue weighted by atomic mass is 16.5. The Morgan fingerprint density at radius 1 is 1.08 bits per heavy atom. The quantitative estimate of drug-likeness (QED) is 0.731. The fourth-order valence-corrected chi connectivity index (χ4v) is 2.60. The normalized spacial score (nSPS) is 11.1. The van der Waals surface area contributed by atoms with Crippen LogP contribution in [0.5, 0.6) is 17.4 Å². The summed E-state index contributed by atoms with van der Waals surface area (Å²) in [5.74, 6) is 1.57. The second-order valence-electron chi connectivity index (χ2n) is 5.31. The van der Waals surface area contributed by atoms with Gasteiger partial charge in [0.15, 0.2) is 0 Å². The van der Waals surface area contributed by atoms with Crippen LogP contribution < -0.4 is 15.2 Å². The summed E-state index contributed by atoms with van der Waals surface area (Å²) in [6.07, 6.45) is 3.02. The summed E-state index contributed by atoms with van der Waals surface area (Å²) in [5, 5.41) is 0.987. The summed E-state index contributed by atoms with van der Waals surface area (Å²) in [6, 6.07) is 15.2. The molecule has 3 rings (SSSR count).